The molecule has 7 heteroatoms. The quantitative estimate of drug-likeness (QED) is 0.322. The minimum Gasteiger partial charge on any atom is -0.389 e. The van der Waals surface area contributed by atoms with Crippen LogP contribution in [-0.4, -0.2) is 45.1 Å². The number of aromatic nitrogens is 3. The van der Waals surface area contributed by atoms with Crippen LogP contribution in [-0.2, 0) is 22.7 Å². The highest BCUT2D eigenvalue weighted by Gasteiger charge is 2.24. The van der Waals surface area contributed by atoms with E-state index in [9.17, 15) is 5.11 Å². The zero-order chi connectivity index (χ0) is 20.8. The SMILES string of the molecule is CCCCOCC(O)Cn1cc(CON=C2c3ccccc3-c3ccccc32)nn1. The number of hydrogen-bond acceptors (Lipinski definition) is 6. The fourth-order valence-electron chi connectivity index (χ4n) is 3.48. The second-order valence-corrected chi connectivity index (χ2v) is 7.32. The van der Waals surface area contributed by atoms with E-state index in [1.165, 1.54) is 0 Å². The first-order valence-corrected chi connectivity index (χ1v) is 10.3. The lowest BCUT2D eigenvalue weighted by Crippen LogP contribution is -2.22. The molecular formula is C23H26N4O3. The number of fused-ring (bicyclic) bond motifs is 3. The van der Waals surface area contributed by atoms with Gasteiger partial charge in [0.05, 0.1) is 25.5 Å². The highest BCUT2D eigenvalue weighted by molar-refractivity contribution is 6.24. The van der Waals surface area contributed by atoms with Crippen LogP contribution in [0.25, 0.3) is 11.1 Å². The average molecular weight is 406 g/mol. The van der Waals surface area contributed by atoms with Gasteiger partial charge in [0.2, 0.25) is 0 Å². The molecule has 0 radical (unpaired) electrons. The zero-order valence-corrected chi connectivity index (χ0v) is 17.1. The predicted octanol–water partition coefficient (Wildman–Crippen LogP) is 3.41. The Hall–Kier alpha value is -3.03. The molecule has 0 saturated heterocycles. The third kappa shape index (κ3) is 4.58. The maximum absolute atomic E-state index is 10.1. The number of rotatable bonds is 10. The smallest absolute Gasteiger partial charge is 0.162 e. The standard InChI is InChI=1S/C23H26N4O3/c1-2-3-12-29-16-18(28)14-27-13-17(24-26-27)15-30-25-23-21-10-6-4-8-19(21)20-9-5-7-11-22(20)23/h4-11,13,18,28H,2-3,12,14-16H2,1H3. The highest BCUT2D eigenvalue weighted by Crippen LogP contribution is 2.36. The number of ether oxygens (including phenoxy) is 1. The monoisotopic (exact) mass is 406 g/mol. The van der Waals surface area contributed by atoms with Gasteiger partial charge in [-0.3, -0.25) is 0 Å². The molecule has 1 aliphatic carbocycles. The summed E-state index contributed by atoms with van der Waals surface area (Å²) in [7, 11) is 0. The summed E-state index contributed by atoms with van der Waals surface area (Å²) in [6.45, 7) is 3.59. The van der Waals surface area contributed by atoms with E-state index in [-0.39, 0.29) is 13.2 Å². The number of aliphatic hydroxyl groups is 1. The lowest BCUT2D eigenvalue weighted by Gasteiger charge is -2.10. The van der Waals surface area contributed by atoms with Gasteiger partial charge in [0, 0.05) is 17.7 Å². The van der Waals surface area contributed by atoms with Crippen molar-refractivity contribution in [1.82, 2.24) is 15.0 Å². The highest BCUT2D eigenvalue weighted by atomic mass is 16.6. The van der Waals surface area contributed by atoms with Crippen molar-refractivity contribution in [2.75, 3.05) is 13.2 Å². The van der Waals surface area contributed by atoms with E-state index in [0.717, 1.165) is 40.8 Å². The second-order valence-electron chi connectivity index (χ2n) is 7.32. The van der Waals surface area contributed by atoms with Gasteiger partial charge in [-0.1, -0.05) is 72.2 Å². The molecule has 1 atom stereocenters. The maximum atomic E-state index is 10.1. The van der Waals surface area contributed by atoms with Gasteiger partial charge in [0.15, 0.2) is 6.61 Å². The Balaban J connectivity index is 1.35. The molecule has 0 bridgehead atoms. The van der Waals surface area contributed by atoms with Gasteiger partial charge in [-0.05, 0) is 17.5 Å². The minimum atomic E-state index is -0.621. The number of unbranched alkanes of at least 4 members (excludes halogenated alkanes) is 1. The van der Waals surface area contributed by atoms with Gasteiger partial charge >= 0.3 is 0 Å². The topological polar surface area (TPSA) is 81.8 Å². The number of oxime groups is 1. The molecule has 1 heterocycles. The van der Waals surface area contributed by atoms with Crippen molar-refractivity contribution in [2.24, 2.45) is 5.16 Å². The Morgan fingerprint density at radius 2 is 1.70 bits per heavy atom. The first-order chi connectivity index (χ1) is 14.8. The first kappa shape index (κ1) is 20.3. The Bertz CT molecular complexity index is 967. The van der Waals surface area contributed by atoms with Crippen LogP contribution in [0, 0.1) is 0 Å². The molecular weight excluding hydrogens is 380 g/mol. The minimum absolute atomic E-state index is 0.205. The molecule has 0 saturated carbocycles. The summed E-state index contributed by atoms with van der Waals surface area (Å²) in [6.07, 6.45) is 3.20. The molecule has 3 aromatic rings. The molecule has 4 rings (SSSR count). The molecule has 0 spiro atoms. The van der Waals surface area contributed by atoms with Crippen LogP contribution in [0.2, 0.25) is 0 Å². The lowest BCUT2D eigenvalue weighted by atomic mass is 10.1. The summed E-state index contributed by atoms with van der Waals surface area (Å²) >= 11 is 0. The number of nitrogens with zero attached hydrogens (tertiary/aromatic N) is 4. The van der Waals surface area contributed by atoms with Gasteiger partial charge < -0.3 is 14.7 Å². The number of aliphatic hydroxyl groups excluding tert-OH is 1. The van der Waals surface area contributed by atoms with Crippen molar-refractivity contribution in [3.8, 4) is 11.1 Å². The van der Waals surface area contributed by atoms with Crippen LogP contribution in [0.4, 0.5) is 0 Å². The van der Waals surface area contributed by atoms with Crippen LogP contribution in [0.15, 0.2) is 59.9 Å². The summed E-state index contributed by atoms with van der Waals surface area (Å²) < 4.78 is 7.04. The largest absolute Gasteiger partial charge is 0.389 e. The molecule has 1 unspecified atom stereocenters. The van der Waals surface area contributed by atoms with Gasteiger partial charge in [-0.25, -0.2) is 4.68 Å². The predicted molar refractivity (Wildman–Crippen MR) is 114 cm³/mol. The number of hydrogen-bond donors (Lipinski definition) is 1. The van der Waals surface area contributed by atoms with Crippen molar-refractivity contribution in [1.29, 1.82) is 0 Å². The molecule has 2 aromatic carbocycles. The van der Waals surface area contributed by atoms with Gasteiger partial charge in [0.25, 0.3) is 0 Å². The van der Waals surface area contributed by atoms with E-state index in [2.05, 4.69) is 46.7 Å². The third-order valence-electron chi connectivity index (χ3n) is 4.96. The van der Waals surface area contributed by atoms with E-state index in [1.54, 1.807) is 10.9 Å². The molecule has 156 valence electrons. The summed E-state index contributed by atoms with van der Waals surface area (Å²) in [5.74, 6) is 0. The van der Waals surface area contributed by atoms with Gasteiger partial charge in [-0.15, -0.1) is 5.10 Å². The molecule has 0 aliphatic heterocycles. The fraction of sp³-hybridized carbons (Fsp3) is 0.348. The van der Waals surface area contributed by atoms with Crippen molar-refractivity contribution < 1.29 is 14.7 Å². The number of benzene rings is 2. The summed E-state index contributed by atoms with van der Waals surface area (Å²) in [6, 6.07) is 16.4. The molecule has 30 heavy (non-hydrogen) atoms. The average Bonchev–Trinajstić information content (AvgIpc) is 3.34. The van der Waals surface area contributed by atoms with Crippen molar-refractivity contribution in [3.63, 3.8) is 0 Å². The first-order valence-electron chi connectivity index (χ1n) is 10.3. The van der Waals surface area contributed by atoms with E-state index < -0.39 is 6.10 Å². The third-order valence-corrected chi connectivity index (χ3v) is 4.96. The van der Waals surface area contributed by atoms with Crippen LogP contribution >= 0.6 is 0 Å². The molecule has 0 fully saturated rings. The van der Waals surface area contributed by atoms with Crippen LogP contribution < -0.4 is 0 Å². The Morgan fingerprint density at radius 1 is 1.03 bits per heavy atom. The summed E-state index contributed by atoms with van der Waals surface area (Å²) in [5.41, 5.74) is 5.93. The zero-order valence-electron chi connectivity index (χ0n) is 17.1. The fourth-order valence-corrected chi connectivity index (χ4v) is 3.48. The van der Waals surface area contributed by atoms with Gasteiger partial charge in [-0.2, -0.15) is 0 Å². The lowest BCUT2D eigenvalue weighted by molar-refractivity contribution is 0.0251. The van der Waals surface area contributed by atoms with E-state index in [4.69, 9.17) is 9.57 Å². The molecule has 0 amide bonds. The van der Waals surface area contributed by atoms with E-state index in [0.29, 0.717) is 18.8 Å². The van der Waals surface area contributed by atoms with E-state index in [1.807, 2.05) is 24.3 Å². The summed E-state index contributed by atoms with van der Waals surface area (Å²) in [4.78, 5) is 5.61. The van der Waals surface area contributed by atoms with Crippen molar-refractivity contribution in [3.05, 3.63) is 71.5 Å². The molecule has 1 aliphatic rings. The van der Waals surface area contributed by atoms with E-state index >= 15 is 0 Å². The van der Waals surface area contributed by atoms with Gasteiger partial charge in [0.1, 0.15) is 11.4 Å². The van der Waals surface area contributed by atoms with Crippen molar-refractivity contribution in [2.45, 2.75) is 39.0 Å². The summed E-state index contributed by atoms with van der Waals surface area (Å²) in [5, 5.41) is 22.6. The Kier molecular flexibility index (Phi) is 6.51. The maximum Gasteiger partial charge on any atom is 0.162 e. The Labute approximate surface area is 175 Å². The van der Waals surface area contributed by atoms with Crippen LogP contribution in [0.5, 0.6) is 0 Å². The van der Waals surface area contributed by atoms with Crippen molar-refractivity contribution >= 4 is 5.71 Å². The second kappa shape index (κ2) is 9.65. The molecule has 7 nitrogen and oxygen atoms in total. The van der Waals surface area contributed by atoms with Crippen LogP contribution in [0.1, 0.15) is 36.6 Å². The molecule has 1 N–H and O–H groups in total. The normalized spacial score (nSPS) is 13.1. The Morgan fingerprint density at radius 3 is 2.37 bits per heavy atom. The molecule has 1 aromatic heterocycles. The van der Waals surface area contributed by atoms with Crippen LogP contribution in [0.3, 0.4) is 0 Å².